The third-order valence-electron chi connectivity index (χ3n) is 3.44. The van der Waals surface area contributed by atoms with Crippen molar-refractivity contribution in [2.24, 2.45) is 4.40 Å². The van der Waals surface area contributed by atoms with E-state index in [4.69, 9.17) is 4.42 Å². The van der Waals surface area contributed by atoms with Gasteiger partial charge in [-0.3, -0.25) is 4.79 Å². The second-order valence-corrected chi connectivity index (χ2v) is 9.67. The molecule has 2 aromatic rings. The minimum Gasteiger partial charge on any atom is -0.449 e. The van der Waals surface area contributed by atoms with Gasteiger partial charge in [-0.1, -0.05) is 18.7 Å². The largest absolute Gasteiger partial charge is 0.449 e. The van der Waals surface area contributed by atoms with Gasteiger partial charge in [0.05, 0.1) is 11.1 Å². The molecule has 0 unspecified atom stereocenters. The Hall–Kier alpha value is -1.20. The minimum absolute atomic E-state index is 0.0432. The van der Waals surface area contributed by atoms with Crippen LogP contribution in [-0.2, 0) is 0 Å². The van der Waals surface area contributed by atoms with Gasteiger partial charge >= 0.3 is 0 Å². The van der Waals surface area contributed by atoms with Gasteiger partial charge in [0.25, 0.3) is 0 Å². The van der Waals surface area contributed by atoms with Gasteiger partial charge in [0, 0.05) is 15.9 Å². The maximum absolute atomic E-state index is 12.7. The molecule has 0 aliphatic heterocycles. The van der Waals surface area contributed by atoms with Crippen molar-refractivity contribution in [1.29, 1.82) is 0 Å². The molecular formula is C19H25NO2S2. The molecule has 2 rings (SSSR count). The SMILES string of the molecule is CCSc1oc2c(/C(C)=N\SC(C)(C)C)cc(C)cc2c(=O)c1C. The molecule has 0 radical (unpaired) electrons. The molecular weight excluding hydrogens is 338 g/mol. The van der Waals surface area contributed by atoms with E-state index in [0.29, 0.717) is 21.6 Å². The molecule has 0 saturated heterocycles. The second kappa shape index (κ2) is 7.36. The van der Waals surface area contributed by atoms with E-state index >= 15 is 0 Å². The van der Waals surface area contributed by atoms with Gasteiger partial charge < -0.3 is 4.42 Å². The third-order valence-corrected chi connectivity index (χ3v) is 5.29. The van der Waals surface area contributed by atoms with Crippen molar-refractivity contribution in [3.8, 4) is 0 Å². The fourth-order valence-electron chi connectivity index (χ4n) is 2.31. The summed E-state index contributed by atoms with van der Waals surface area (Å²) < 4.78 is 10.8. The Bertz CT molecular complexity index is 845. The summed E-state index contributed by atoms with van der Waals surface area (Å²) >= 11 is 3.10. The number of benzene rings is 1. The van der Waals surface area contributed by atoms with Gasteiger partial charge in [0.15, 0.2) is 10.5 Å². The molecule has 0 bridgehead atoms. The van der Waals surface area contributed by atoms with Crippen molar-refractivity contribution >= 4 is 40.4 Å². The lowest BCUT2D eigenvalue weighted by atomic mass is 10.0. The van der Waals surface area contributed by atoms with Crippen molar-refractivity contribution in [3.63, 3.8) is 0 Å². The zero-order valence-corrected chi connectivity index (χ0v) is 17.1. The maximum atomic E-state index is 12.7. The fourth-order valence-corrected chi connectivity index (χ4v) is 3.53. The summed E-state index contributed by atoms with van der Waals surface area (Å²) in [5.41, 5.74) is 4.19. The number of nitrogens with zero attached hydrogens (tertiary/aromatic N) is 1. The number of rotatable bonds is 4. The van der Waals surface area contributed by atoms with Gasteiger partial charge in [-0.15, -0.1) is 0 Å². The van der Waals surface area contributed by atoms with Crippen molar-refractivity contribution in [2.75, 3.05) is 5.75 Å². The highest BCUT2D eigenvalue weighted by Gasteiger charge is 2.17. The summed E-state index contributed by atoms with van der Waals surface area (Å²) in [5, 5.41) is 1.34. The van der Waals surface area contributed by atoms with Crippen LogP contribution in [0.2, 0.25) is 0 Å². The van der Waals surface area contributed by atoms with E-state index in [2.05, 4.69) is 32.1 Å². The quantitative estimate of drug-likeness (QED) is 0.392. The van der Waals surface area contributed by atoms with Crippen molar-refractivity contribution in [2.45, 2.75) is 58.3 Å². The topological polar surface area (TPSA) is 42.6 Å². The molecule has 0 aliphatic rings. The van der Waals surface area contributed by atoms with Crippen LogP contribution in [0.3, 0.4) is 0 Å². The summed E-state index contributed by atoms with van der Waals surface area (Å²) in [6.07, 6.45) is 0. The van der Waals surface area contributed by atoms with Crippen molar-refractivity contribution < 1.29 is 4.42 Å². The van der Waals surface area contributed by atoms with Gasteiger partial charge in [-0.25, -0.2) is 4.40 Å². The smallest absolute Gasteiger partial charge is 0.196 e. The Labute approximate surface area is 152 Å². The average molecular weight is 364 g/mol. The van der Waals surface area contributed by atoms with E-state index in [1.54, 1.807) is 11.8 Å². The molecule has 1 aromatic heterocycles. The Morgan fingerprint density at radius 1 is 1.25 bits per heavy atom. The zero-order chi connectivity index (χ0) is 18.1. The molecule has 1 heterocycles. The van der Waals surface area contributed by atoms with E-state index < -0.39 is 0 Å². The van der Waals surface area contributed by atoms with E-state index in [9.17, 15) is 4.79 Å². The van der Waals surface area contributed by atoms with E-state index in [1.165, 1.54) is 11.9 Å². The zero-order valence-electron chi connectivity index (χ0n) is 15.4. The van der Waals surface area contributed by atoms with Gasteiger partial charge in [-0.2, -0.15) is 0 Å². The van der Waals surface area contributed by atoms with Crippen molar-refractivity contribution in [3.05, 3.63) is 39.0 Å². The summed E-state index contributed by atoms with van der Waals surface area (Å²) in [7, 11) is 0. The third kappa shape index (κ3) is 4.25. The number of hydrogen-bond donors (Lipinski definition) is 0. The van der Waals surface area contributed by atoms with Gasteiger partial charge in [-0.05, 0) is 76.9 Å². The molecule has 24 heavy (non-hydrogen) atoms. The molecule has 0 N–H and O–H groups in total. The Balaban J connectivity index is 2.72. The predicted octanol–water partition coefficient (Wildman–Crippen LogP) is 5.78. The van der Waals surface area contributed by atoms with Crippen LogP contribution in [0.5, 0.6) is 0 Å². The first kappa shape index (κ1) is 19.1. The van der Waals surface area contributed by atoms with Gasteiger partial charge in [0.2, 0.25) is 0 Å². The Morgan fingerprint density at radius 2 is 1.92 bits per heavy atom. The predicted molar refractivity (Wildman–Crippen MR) is 108 cm³/mol. The van der Waals surface area contributed by atoms with Crippen molar-refractivity contribution in [1.82, 2.24) is 0 Å². The number of aryl methyl sites for hydroxylation is 1. The highest BCUT2D eigenvalue weighted by molar-refractivity contribution is 7.99. The lowest BCUT2D eigenvalue weighted by Crippen LogP contribution is -2.10. The monoisotopic (exact) mass is 363 g/mol. The highest BCUT2D eigenvalue weighted by Crippen LogP contribution is 2.30. The first-order chi connectivity index (χ1) is 11.1. The van der Waals surface area contributed by atoms with Crippen LogP contribution in [-0.4, -0.2) is 16.2 Å². The number of fused-ring (bicyclic) bond motifs is 1. The van der Waals surface area contributed by atoms with Crippen LogP contribution in [0.4, 0.5) is 0 Å². The lowest BCUT2D eigenvalue weighted by Gasteiger charge is -2.15. The molecule has 0 aliphatic carbocycles. The summed E-state index contributed by atoms with van der Waals surface area (Å²) in [6.45, 7) is 14.2. The molecule has 3 nitrogen and oxygen atoms in total. The normalized spacial score (nSPS) is 12.9. The minimum atomic E-state index is 0.0432. The van der Waals surface area contributed by atoms with E-state index in [0.717, 1.165) is 22.6 Å². The van der Waals surface area contributed by atoms with Gasteiger partial charge in [0.1, 0.15) is 5.58 Å². The molecule has 130 valence electrons. The molecule has 5 heteroatoms. The Morgan fingerprint density at radius 3 is 2.50 bits per heavy atom. The number of hydrogen-bond acceptors (Lipinski definition) is 5. The van der Waals surface area contributed by atoms with Crippen LogP contribution in [0.1, 0.15) is 51.3 Å². The summed E-state index contributed by atoms with van der Waals surface area (Å²) in [5.74, 6) is 0.865. The fraction of sp³-hybridized carbons (Fsp3) is 0.474. The van der Waals surface area contributed by atoms with Crippen LogP contribution in [0, 0.1) is 13.8 Å². The van der Waals surface area contributed by atoms with E-state index in [-0.39, 0.29) is 10.2 Å². The van der Waals surface area contributed by atoms with Crippen LogP contribution in [0.25, 0.3) is 11.0 Å². The average Bonchev–Trinajstić information content (AvgIpc) is 2.49. The first-order valence-electron chi connectivity index (χ1n) is 8.08. The first-order valence-corrected chi connectivity index (χ1v) is 9.84. The molecule has 0 spiro atoms. The summed E-state index contributed by atoms with van der Waals surface area (Å²) in [6, 6.07) is 3.95. The molecule has 0 saturated carbocycles. The lowest BCUT2D eigenvalue weighted by molar-refractivity contribution is 0.492. The highest BCUT2D eigenvalue weighted by atomic mass is 32.2. The molecule has 0 atom stereocenters. The van der Waals surface area contributed by atoms with Crippen LogP contribution < -0.4 is 5.43 Å². The van der Waals surface area contributed by atoms with E-state index in [1.807, 2.05) is 32.9 Å². The molecule has 1 aromatic carbocycles. The number of thioether (sulfide) groups is 1. The Kier molecular flexibility index (Phi) is 5.87. The molecule has 0 fully saturated rings. The van der Waals surface area contributed by atoms with Crippen LogP contribution in [0.15, 0.2) is 30.8 Å². The second-order valence-electron chi connectivity index (χ2n) is 6.85. The summed E-state index contributed by atoms with van der Waals surface area (Å²) in [4.78, 5) is 12.7. The van der Waals surface area contributed by atoms with Crippen LogP contribution >= 0.6 is 23.7 Å². The standard InChI is InChI=1S/C19H25NO2S2/c1-8-23-18-12(3)16(21)15-10-11(2)9-14(17(15)22-18)13(4)20-24-19(5,6)7/h9-10H,8H2,1-7H3/b20-13-. The maximum Gasteiger partial charge on any atom is 0.196 e. The molecule has 0 amide bonds.